The maximum absolute atomic E-state index is 12.8. The number of hydrogen-bond donors (Lipinski definition) is 1. The molecule has 1 aromatic carbocycles. The fraction of sp³-hybridized carbons (Fsp3) is 0.409. The van der Waals surface area contributed by atoms with Gasteiger partial charge in [-0.15, -0.1) is 0 Å². The van der Waals surface area contributed by atoms with E-state index in [0.717, 1.165) is 41.1 Å². The van der Waals surface area contributed by atoms with E-state index in [9.17, 15) is 4.79 Å². The second kappa shape index (κ2) is 7.61. The number of carbonyl (C=O) groups is 1. The number of amides is 1. The molecule has 3 aromatic rings. The summed E-state index contributed by atoms with van der Waals surface area (Å²) in [5, 5.41) is 4.02. The Bertz CT molecular complexity index is 1090. The Kier molecular flexibility index (Phi) is 4.92. The van der Waals surface area contributed by atoms with Crippen LogP contribution in [0.3, 0.4) is 0 Å². The maximum atomic E-state index is 12.8. The summed E-state index contributed by atoms with van der Waals surface area (Å²) in [6, 6.07) is 9.23. The van der Waals surface area contributed by atoms with E-state index in [-0.39, 0.29) is 11.5 Å². The van der Waals surface area contributed by atoms with Gasteiger partial charge in [0.05, 0.1) is 36.4 Å². The summed E-state index contributed by atoms with van der Waals surface area (Å²) in [6.07, 6.45) is 0.761. The van der Waals surface area contributed by atoms with E-state index in [1.807, 2.05) is 18.2 Å². The third kappa shape index (κ3) is 3.55. The second-order valence-corrected chi connectivity index (χ2v) is 9.08. The molecule has 0 unspecified atom stereocenters. The molecular formula is C22H25N4O3S+. The molecule has 2 aliphatic rings. The highest BCUT2D eigenvalue weighted by Gasteiger charge is 2.36. The number of rotatable bonds is 3. The Labute approximate surface area is 179 Å². The molecule has 0 spiro atoms. The van der Waals surface area contributed by atoms with Crippen molar-refractivity contribution in [3.8, 4) is 0 Å². The maximum Gasteiger partial charge on any atom is 0.281 e. The van der Waals surface area contributed by atoms with Crippen molar-refractivity contribution in [1.82, 2.24) is 4.37 Å². The van der Waals surface area contributed by atoms with Gasteiger partial charge in [-0.1, -0.05) is 18.2 Å². The molecule has 5 rings (SSSR count). The van der Waals surface area contributed by atoms with Crippen molar-refractivity contribution in [3.63, 3.8) is 0 Å². The Morgan fingerprint density at radius 3 is 2.73 bits per heavy atom. The number of aromatic amines is 1. The van der Waals surface area contributed by atoms with Crippen LogP contribution in [0.15, 0.2) is 30.3 Å². The Morgan fingerprint density at radius 1 is 1.20 bits per heavy atom. The third-order valence-corrected chi connectivity index (χ3v) is 6.44. The minimum Gasteiger partial charge on any atom is -0.373 e. The Balaban J connectivity index is 1.60. The largest absolute Gasteiger partial charge is 0.373 e. The summed E-state index contributed by atoms with van der Waals surface area (Å²) in [4.78, 5) is 19.6. The molecule has 8 heteroatoms. The Morgan fingerprint density at radius 2 is 1.97 bits per heavy atom. The van der Waals surface area contributed by atoms with Gasteiger partial charge in [0.2, 0.25) is 4.83 Å². The molecule has 30 heavy (non-hydrogen) atoms. The zero-order valence-electron chi connectivity index (χ0n) is 17.2. The van der Waals surface area contributed by atoms with Crippen molar-refractivity contribution >= 4 is 39.3 Å². The van der Waals surface area contributed by atoms with Crippen LogP contribution in [0.2, 0.25) is 0 Å². The zero-order chi connectivity index (χ0) is 20.7. The number of ether oxygens (including phenoxy) is 2. The fourth-order valence-corrected chi connectivity index (χ4v) is 4.91. The number of nitrogens with one attached hydrogen (secondary N) is 2. The van der Waals surface area contributed by atoms with Crippen LogP contribution in [0.1, 0.15) is 35.3 Å². The predicted octanol–water partition coefficient (Wildman–Crippen LogP) is 3.05. The van der Waals surface area contributed by atoms with Gasteiger partial charge in [0.15, 0.2) is 5.82 Å². The molecule has 2 aromatic heterocycles. The fourth-order valence-electron chi connectivity index (χ4n) is 4.14. The highest BCUT2D eigenvalue weighted by molar-refractivity contribution is 7.12. The minimum atomic E-state index is -0.272. The normalized spacial score (nSPS) is 18.3. The topological polar surface area (TPSA) is 77.8 Å². The van der Waals surface area contributed by atoms with Crippen LogP contribution in [0, 0.1) is 0 Å². The van der Waals surface area contributed by atoms with Gasteiger partial charge in [-0.2, -0.15) is 4.37 Å². The average Bonchev–Trinajstić information content (AvgIpc) is 3.16. The van der Waals surface area contributed by atoms with Crippen LogP contribution in [0.4, 0.5) is 11.6 Å². The van der Waals surface area contributed by atoms with Crippen LogP contribution >= 0.6 is 11.5 Å². The van der Waals surface area contributed by atoms with Crippen molar-refractivity contribution in [2.45, 2.75) is 32.5 Å². The number of morpholine rings is 1. The zero-order valence-corrected chi connectivity index (χ0v) is 18.0. The monoisotopic (exact) mass is 425 g/mol. The van der Waals surface area contributed by atoms with Crippen molar-refractivity contribution in [2.24, 2.45) is 0 Å². The summed E-state index contributed by atoms with van der Waals surface area (Å²) in [7, 11) is 0. The van der Waals surface area contributed by atoms with Crippen molar-refractivity contribution in [1.29, 1.82) is 0 Å². The Hall–Kier alpha value is -2.55. The van der Waals surface area contributed by atoms with E-state index in [2.05, 4.69) is 33.4 Å². The summed E-state index contributed by atoms with van der Waals surface area (Å²) in [5.74, 6) is 1.54. The highest BCUT2D eigenvalue weighted by Crippen LogP contribution is 2.39. The minimum absolute atomic E-state index is 0.153. The summed E-state index contributed by atoms with van der Waals surface area (Å²) in [5.41, 5.74) is 2.70. The van der Waals surface area contributed by atoms with Gasteiger partial charge >= 0.3 is 0 Å². The molecule has 0 aliphatic carbocycles. The van der Waals surface area contributed by atoms with Gasteiger partial charge in [0.1, 0.15) is 13.1 Å². The van der Waals surface area contributed by atoms with E-state index < -0.39 is 0 Å². The molecule has 1 saturated heterocycles. The molecule has 7 nitrogen and oxygen atoms in total. The lowest BCUT2D eigenvalue weighted by Crippen LogP contribution is -2.42. The number of nitrogens with zero attached hydrogens (tertiary/aromatic N) is 2. The highest BCUT2D eigenvalue weighted by atomic mass is 32.1. The van der Waals surface area contributed by atoms with Gasteiger partial charge in [0.25, 0.3) is 11.7 Å². The molecule has 2 N–H and O–H groups in total. The predicted molar refractivity (Wildman–Crippen MR) is 116 cm³/mol. The average molecular weight is 426 g/mol. The molecule has 0 bridgehead atoms. The standard InChI is InChI=1S/C22H24N4O3S/c1-22(2)12-15-16(13-29-22)19(26-8-10-28-11-9-26)24-21-17(15)18(25-30-21)23-20(27)14-6-4-3-5-7-14/h3-7H,8-13H2,1-2H3,(H,23,25,27)/p+1. The summed E-state index contributed by atoms with van der Waals surface area (Å²) < 4.78 is 16.3. The molecular weight excluding hydrogens is 400 g/mol. The van der Waals surface area contributed by atoms with Gasteiger partial charge in [-0.3, -0.25) is 9.69 Å². The van der Waals surface area contributed by atoms with Crippen molar-refractivity contribution < 1.29 is 19.3 Å². The summed E-state index contributed by atoms with van der Waals surface area (Å²) >= 11 is 1.38. The van der Waals surface area contributed by atoms with Crippen LogP contribution in [-0.4, -0.2) is 42.2 Å². The molecule has 1 amide bonds. The molecule has 1 fully saturated rings. The number of pyridine rings is 1. The van der Waals surface area contributed by atoms with Crippen molar-refractivity contribution in [2.75, 3.05) is 36.5 Å². The smallest absolute Gasteiger partial charge is 0.281 e. The van der Waals surface area contributed by atoms with Gasteiger partial charge in [-0.05, 0) is 31.5 Å². The molecule has 0 saturated carbocycles. The molecule has 2 aliphatic heterocycles. The van der Waals surface area contributed by atoms with Gasteiger partial charge in [0, 0.05) is 23.5 Å². The van der Waals surface area contributed by atoms with Crippen LogP contribution in [0.25, 0.3) is 10.2 Å². The quantitative estimate of drug-likeness (QED) is 0.698. The van der Waals surface area contributed by atoms with Crippen LogP contribution in [0.5, 0.6) is 0 Å². The van der Waals surface area contributed by atoms with E-state index >= 15 is 0 Å². The number of anilines is 2. The molecule has 0 atom stereocenters. The number of benzene rings is 1. The number of H-pyrrole nitrogens is 1. The number of hydrogen-bond acceptors (Lipinski definition) is 6. The third-order valence-electron chi connectivity index (χ3n) is 5.68. The molecule has 156 valence electrons. The lowest BCUT2D eigenvalue weighted by Gasteiger charge is -2.33. The van der Waals surface area contributed by atoms with Crippen molar-refractivity contribution in [3.05, 3.63) is 47.0 Å². The lowest BCUT2D eigenvalue weighted by molar-refractivity contribution is -0.329. The molecule has 4 heterocycles. The van der Waals surface area contributed by atoms with Gasteiger partial charge in [-0.25, -0.2) is 4.98 Å². The number of fused-ring (bicyclic) bond motifs is 3. The van der Waals surface area contributed by atoms with Crippen LogP contribution < -0.4 is 15.2 Å². The summed E-state index contributed by atoms with van der Waals surface area (Å²) in [6.45, 7) is 7.86. The first kappa shape index (κ1) is 19.4. The number of carbonyl (C=O) groups excluding carboxylic acids is 1. The van der Waals surface area contributed by atoms with E-state index in [0.29, 0.717) is 31.2 Å². The first-order chi connectivity index (χ1) is 14.5. The SMILES string of the molecule is CC1(C)Cc2c(c(N3CCOCC3)[nH+]c3snc(NC(=O)c4ccccc4)c23)CO1. The first-order valence-electron chi connectivity index (χ1n) is 10.2. The first-order valence-corrected chi connectivity index (χ1v) is 11.0. The second-order valence-electron chi connectivity index (χ2n) is 8.31. The van der Waals surface area contributed by atoms with E-state index in [4.69, 9.17) is 9.47 Å². The lowest BCUT2D eigenvalue weighted by atomic mass is 9.90. The van der Waals surface area contributed by atoms with E-state index in [1.165, 1.54) is 17.1 Å². The van der Waals surface area contributed by atoms with Crippen LogP contribution in [-0.2, 0) is 22.5 Å². The number of aromatic nitrogens is 2. The molecule has 0 radical (unpaired) electrons. The van der Waals surface area contributed by atoms with E-state index in [1.54, 1.807) is 12.1 Å². The van der Waals surface area contributed by atoms with Gasteiger partial charge < -0.3 is 14.8 Å².